The van der Waals surface area contributed by atoms with E-state index in [1.165, 1.54) is 18.4 Å². The van der Waals surface area contributed by atoms with Gasteiger partial charge in [-0.1, -0.05) is 0 Å². The lowest BCUT2D eigenvalue weighted by atomic mass is 10.1. The number of anilines is 1. The summed E-state index contributed by atoms with van der Waals surface area (Å²) in [6.07, 6.45) is -1.80. The molecule has 0 spiro atoms. The summed E-state index contributed by atoms with van der Waals surface area (Å²) >= 11 is 0.674. The summed E-state index contributed by atoms with van der Waals surface area (Å²) in [4.78, 5) is 28.1. The van der Waals surface area contributed by atoms with Crippen molar-refractivity contribution in [2.75, 3.05) is 5.32 Å². The van der Waals surface area contributed by atoms with Crippen LogP contribution in [-0.2, 0) is 17.5 Å². The van der Waals surface area contributed by atoms with Crippen LogP contribution in [-0.4, -0.2) is 26.6 Å². The molecule has 0 bridgehead atoms. The van der Waals surface area contributed by atoms with Gasteiger partial charge in [-0.15, -0.1) is 11.3 Å². The van der Waals surface area contributed by atoms with Gasteiger partial charge in [0.05, 0.1) is 12.0 Å². The molecule has 0 radical (unpaired) electrons. The number of rotatable bonds is 6. The zero-order valence-corrected chi connectivity index (χ0v) is 17.4. The van der Waals surface area contributed by atoms with Crippen LogP contribution in [0.3, 0.4) is 0 Å². The summed E-state index contributed by atoms with van der Waals surface area (Å²) in [5, 5.41) is 6.87. The molecule has 0 aliphatic heterocycles. The fourth-order valence-electron chi connectivity index (χ4n) is 3.20. The van der Waals surface area contributed by atoms with Gasteiger partial charge in [-0.25, -0.2) is 4.98 Å². The van der Waals surface area contributed by atoms with Crippen LogP contribution < -0.4 is 11.1 Å². The van der Waals surface area contributed by atoms with Crippen LogP contribution in [0.1, 0.15) is 27.5 Å². The Morgan fingerprint density at radius 2 is 2.09 bits per heavy atom. The first-order chi connectivity index (χ1) is 15.1. The Morgan fingerprint density at radius 3 is 2.69 bits per heavy atom. The van der Waals surface area contributed by atoms with Crippen molar-refractivity contribution in [2.24, 2.45) is 5.73 Å². The van der Waals surface area contributed by atoms with Crippen molar-refractivity contribution in [3.63, 3.8) is 0 Å². The first-order valence-corrected chi connectivity index (χ1v) is 10.1. The highest BCUT2D eigenvalue weighted by molar-refractivity contribution is 7.21. The minimum atomic E-state index is -4.72. The highest BCUT2D eigenvalue weighted by Gasteiger charge is 2.35. The SMILES string of the molecule is Cc1ccnn1CCC(=O)Nc1c(C(N)=O)sc2nc(C(F)(F)F)cc(-c3ccco3)c12. The van der Waals surface area contributed by atoms with Crippen molar-refractivity contribution >= 4 is 39.1 Å². The first kappa shape index (κ1) is 21.6. The number of fused-ring (bicyclic) bond motifs is 1. The monoisotopic (exact) mass is 463 g/mol. The molecule has 3 N–H and O–H groups in total. The van der Waals surface area contributed by atoms with Crippen LogP contribution in [0, 0.1) is 6.92 Å². The number of nitrogens with one attached hydrogen (secondary N) is 1. The number of thiophene rings is 1. The van der Waals surface area contributed by atoms with E-state index >= 15 is 0 Å². The van der Waals surface area contributed by atoms with Gasteiger partial charge in [0.15, 0.2) is 0 Å². The van der Waals surface area contributed by atoms with Gasteiger partial charge in [-0.2, -0.15) is 18.3 Å². The average Bonchev–Trinajstić information content (AvgIpc) is 3.45. The molecule has 0 saturated heterocycles. The summed E-state index contributed by atoms with van der Waals surface area (Å²) in [7, 11) is 0. The zero-order valence-electron chi connectivity index (χ0n) is 16.6. The van der Waals surface area contributed by atoms with E-state index < -0.39 is 23.7 Å². The maximum absolute atomic E-state index is 13.4. The number of primary amides is 1. The van der Waals surface area contributed by atoms with Gasteiger partial charge < -0.3 is 15.5 Å². The molecule has 8 nitrogen and oxygen atoms in total. The van der Waals surface area contributed by atoms with Gasteiger partial charge in [0.25, 0.3) is 5.91 Å². The summed E-state index contributed by atoms with van der Waals surface area (Å²) in [6.45, 7) is 2.11. The topological polar surface area (TPSA) is 116 Å². The number of carbonyl (C=O) groups is 2. The molecule has 0 aliphatic carbocycles. The van der Waals surface area contributed by atoms with Crippen molar-refractivity contribution in [1.29, 1.82) is 0 Å². The second-order valence-corrected chi connectivity index (χ2v) is 7.87. The molecule has 0 saturated carbocycles. The normalized spacial score (nSPS) is 11.8. The largest absolute Gasteiger partial charge is 0.464 e. The maximum atomic E-state index is 13.4. The predicted octanol–water partition coefficient (Wildman–Crippen LogP) is 4.21. The third kappa shape index (κ3) is 4.08. The number of nitrogens with two attached hydrogens (primary N) is 1. The van der Waals surface area contributed by atoms with Crippen molar-refractivity contribution in [3.8, 4) is 11.3 Å². The van der Waals surface area contributed by atoms with E-state index in [1.54, 1.807) is 16.9 Å². The molecule has 32 heavy (non-hydrogen) atoms. The fourth-order valence-corrected chi connectivity index (χ4v) is 4.21. The highest BCUT2D eigenvalue weighted by atomic mass is 32.1. The zero-order chi connectivity index (χ0) is 23.0. The Kier molecular flexibility index (Phi) is 5.46. The molecule has 0 unspecified atom stereocenters. The molecule has 4 aromatic heterocycles. The lowest BCUT2D eigenvalue weighted by molar-refractivity contribution is -0.140. The van der Waals surface area contributed by atoms with E-state index in [1.807, 2.05) is 6.92 Å². The number of alkyl halides is 3. The standard InChI is InChI=1S/C20H16F3N5O3S/c1-10-4-6-25-28(10)7-5-14(29)27-16-15-11(12-3-2-8-31-12)9-13(20(21,22)23)26-19(15)32-17(16)18(24)30/h2-4,6,8-9H,5,7H2,1H3,(H2,24,30)(H,27,29). The molecule has 2 amide bonds. The van der Waals surface area contributed by atoms with Crippen LogP contribution in [0.25, 0.3) is 21.5 Å². The van der Waals surface area contributed by atoms with Crippen LogP contribution >= 0.6 is 11.3 Å². The van der Waals surface area contributed by atoms with E-state index in [4.69, 9.17) is 10.2 Å². The van der Waals surface area contributed by atoms with Crippen molar-refractivity contribution in [2.45, 2.75) is 26.1 Å². The average molecular weight is 463 g/mol. The van der Waals surface area contributed by atoms with Crippen LogP contribution in [0.4, 0.5) is 18.9 Å². The van der Waals surface area contributed by atoms with E-state index in [0.717, 1.165) is 11.8 Å². The summed E-state index contributed by atoms with van der Waals surface area (Å²) in [5.41, 5.74) is 5.20. The molecule has 4 aromatic rings. The summed E-state index contributed by atoms with van der Waals surface area (Å²) < 4.78 is 47.2. The fraction of sp³-hybridized carbons (Fsp3) is 0.200. The maximum Gasteiger partial charge on any atom is 0.433 e. The second kappa shape index (κ2) is 8.11. The third-order valence-electron chi connectivity index (χ3n) is 4.71. The lowest BCUT2D eigenvalue weighted by Crippen LogP contribution is -2.18. The van der Waals surface area contributed by atoms with Crippen LogP contribution in [0.2, 0.25) is 0 Å². The first-order valence-electron chi connectivity index (χ1n) is 9.32. The number of furan rings is 1. The summed E-state index contributed by atoms with van der Waals surface area (Å²) in [5.74, 6) is -1.24. The predicted molar refractivity (Wildman–Crippen MR) is 111 cm³/mol. The minimum Gasteiger partial charge on any atom is -0.464 e. The van der Waals surface area contributed by atoms with Crippen molar-refractivity contribution in [3.05, 3.63) is 53.0 Å². The Balaban J connectivity index is 1.80. The Bertz CT molecular complexity index is 1310. The third-order valence-corrected chi connectivity index (χ3v) is 5.81. The van der Waals surface area contributed by atoms with Gasteiger partial charge in [-0.05, 0) is 31.2 Å². The smallest absolute Gasteiger partial charge is 0.433 e. The molecule has 0 atom stereocenters. The number of amides is 2. The van der Waals surface area contributed by atoms with Crippen molar-refractivity contribution < 1.29 is 27.2 Å². The van der Waals surface area contributed by atoms with E-state index in [2.05, 4.69) is 15.4 Å². The van der Waals surface area contributed by atoms with Gasteiger partial charge >= 0.3 is 6.18 Å². The Labute approximate surface area is 182 Å². The number of hydrogen-bond donors (Lipinski definition) is 2. The minimum absolute atomic E-state index is 0.00677. The van der Waals surface area contributed by atoms with Crippen LogP contribution in [0.5, 0.6) is 0 Å². The van der Waals surface area contributed by atoms with Gasteiger partial charge in [0, 0.05) is 35.8 Å². The van der Waals surface area contributed by atoms with E-state index in [0.29, 0.717) is 11.3 Å². The van der Waals surface area contributed by atoms with Crippen molar-refractivity contribution in [1.82, 2.24) is 14.8 Å². The molecule has 4 rings (SSSR count). The molecular weight excluding hydrogens is 447 g/mol. The number of aryl methyl sites for hydroxylation is 2. The summed E-state index contributed by atoms with van der Waals surface area (Å²) in [6, 6.07) is 5.60. The quantitative estimate of drug-likeness (QED) is 0.444. The second-order valence-electron chi connectivity index (χ2n) is 6.87. The number of aromatic nitrogens is 3. The van der Waals surface area contributed by atoms with Gasteiger partial charge in [0.1, 0.15) is 21.2 Å². The number of halogens is 3. The molecular formula is C20H16F3N5O3S. The molecule has 4 heterocycles. The van der Waals surface area contributed by atoms with E-state index in [9.17, 15) is 22.8 Å². The van der Waals surface area contributed by atoms with Gasteiger partial charge in [0.2, 0.25) is 5.91 Å². The molecule has 0 aliphatic rings. The Morgan fingerprint density at radius 1 is 1.31 bits per heavy atom. The number of hydrogen-bond acceptors (Lipinski definition) is 6. The number of carbonyl (C=O) groups excluding carboxylic acids is 2. The molecule has 12 heteroatoms. The number of nitrogens with zero attached hydrogens (tertiary/aromatic N) is 3. The number of pyridine rings is 1. The molecule has 0 aromatic carbocycles. The molecule has 0 fully saturated rings. The van der Waals surface area contributed by atoms with Crippen LogP contribution in [0.15, 0.2) is 41.1 Å². The van der Waals surface area contributed by atoms with Gasteiger partial charge in [-0.3, -0.25) is 14.3 Å². The Hall–Kier alpha value is -3.67. The van der Waals surface area contributed by atoms with E-state index in [-0.39, 0.29) is 45.1 Å². The lowest BCUT2D eigenvalue weighted by Gasteiger charge is -2.11. The molecule has 166 valence electrons. The highest BCUT2D eigenvalue weighted by Crippen LogP contribution is 2.43.